The summed E-state index contributed by atoms with van der Waals surface area (Å²) in [5.41, 5.74) is 1.15. The first-order valence-electron chi connectivity index (χ1n) is 8.03. The third kappa shape index (κ3) is 5.87. The number of aliphatic hydroxyl groups excluding tert-OH is 1. The second-order valence-electron chi connectivity index (χ2n) is 5.92. The highest BCUT2D eigenvalue weighted by Crippen LogP contribution is 2.28. The van der Waals surface area contributed by atoms with Crippen molar-refractivity contribution in [2.24, 2.45) is 5.92 Å². The molecule has 1 rings (SSSR count). The van der Waals surface area contributed by atoms with Crippen molar-refractivity contribution in [2.75, 3.05) is 30.3 Å². The largest absolute Gasteiger partial charge is 0.396 e. The molecule has 0 radical (unpaired) electrons. The van der Waals surface area contributed by atoms with Crippen molar-refractivity contribution < 1.29 is 5.11 Å². The molecule has 5 heteroatoms. The Balaban J connectivity index is 2.67. The first-order chi connectivity index (χ1) is 10.1. The van der Waals surface area contributed by atoms with Gasteiger partial charge in [-0.3, -0.25) is 0 Å². The van der Waals surface area contributed by atoms with Crippen molar-refractivity contribution >= 4 is 11.6 Å². The Labute approximate surface area is 128 Å². The van der Waals surface area contributed by atoms with Crippen LogP contribution in [0.15, 0.2) is 6.33 Å². The molecule has 1 heterocycles. The fourth-order valence-electron chi connectivity index (χ4n) is 2.22. The summed E-state index contributed by atoms with van der Waals surface area (Å²) in [5, 5.41) is 15.8. The molecule has 0 amide bonds. The summed E-state index contributed by atoms with van der Waals surface area (Å²) in [6.07, 6.45) is 4.74. The standard InChI is InChI=1S/C16H30N4O/c1-5-8-17-15-14(12(2)3)16(20-11-19-15)18-9-6-7-13(4)10-21/h11-13,21H,5-10H2,1-4H3,(H2,17,18,19,20). The predicted octanol–water partition coefficient (Wildman–Crippen LogP) is 3.24. The van der Waals surface area contributed by atoms with Gasteiger partial charge in [-0.2, -0.15) is 0 Å². The number of hydrogen-bond donors (Lipinski definition) is 3. The minimum absolute atomic E-state index is 0.260. The highest BCUT2D eigenvalue weighted by molar-refractivity contribution is 5.58. The minimum Gasteiger partial charge on any atom is -0.396 e. The summed E-state index contributed by atoms with van der Waals surface area (Å²) in [6.45, 7) is 10.6. The molecule has 3 N–H and O–H groups in total. The van der Waals surface area contributed by atoms with Gasteiger partial charge in [0.1, 0.15) is 18.0 Å². The maximum Gasteiger partial charge on any atom is 0.134 e. The molecule has 0 aliphatic carbocycles. The smallest absolute Gasteiger partial charge is 0.134 e. The number of aromatic nitrogens is 2. The molecule has 1 atom stereocenters. The average Bonchev–Trinajstić information content (AvgIpc) is 2.48. The molecule has 0 aromatic carbocycles. The second-order valence-corrected chi connectivity index (χ2v) is 5.92. The van der Waals surface area contributed by atoms with Crippen molar-refractivity contribution in [1.29, 1.82) is 0 Å². The van der Waals surface area contributed by atoms with Crippen LogP contribution in [0.4, 0.5) is 11.6 Å². The number of hydrogen-bond acceptors (Lipinski definition) is 5. The quantitative estimate of drug-likeness (QED) is 0.578. The molecule has 21 heavy (non-hydrogen) atoms. The van der Waals surface area contributed by atoms with E-state index in [1.54, 1.807) is 6.33 Å². The van der Waals surface area contributed by atoms with Crippen LogP contribution in [0.1, 0.15) is 58.4 Å². The van der Waals surface area contributed by atoms with Gasteiger partial charge >= 0.3 is 0 Å². The van der Waals surface area contributed by atoms with E-state index in [0.717, 1.165) is 49.6 Å². The van der Waals surface area contributed by atoms with Gasteiger partial charge in [-0.1, -0.05) is 27.7 Å². The van der Waals surface area contributed by atoms with Crippen LogP contribution in [0.5, 0.6) is 0 Å². The number of nitrogens with one attached hydrogen (secondary N) is 2. The van der Waals surface area contributed by atoms with Gasteiger partial charge in [0.05, 0.1) is 0 Å². The molecular formula is C16H30N4O. The lowest BCUT2D eigenvalue weighted by atomic mass is 10.0. The van der Waals surface area contributed by atoms with E-state index in [1.807, 2.05) is 0 Å². The number of rotatable bonds is 10. The first kappa shape index (κ1) is 17.7. The zero-order valence-electron chi connectivity index (χ0n) is 13.8. The van der Waals surface area contributed by atoms with Crippen molar-refractivity contribution in [2.45, 2.75) is 52.9 Å². The topological polar surface area (TPSA) is 70.1 Å². The van der Waals surface area contributed by atoms with E-state index in [-0.39, 0.29) is 6.61 Å². The lowest BCUT2D eigenvalue weighted by Crippen LogP contribution is -2.13. The lowest BCUT2D eigenvalue weighted by Gasteiger charge is -2.18. The third-order valence-electron chi connectivity index (χ3n) is 3.48. The maximum atomic E-state index is 9.04. The van der Waals surface area contributed by atoms with Crippen LogP contribution in [0.2, 0.25) is 0 Å². The molecule has 0 spiro atoms. The molecule has 0 saturated carbocycles. The Hall–Kier alpha value is -1.36. The van der Waals surface area contributed by atoms with Crippen LogP contribution in [-0.2, 0) is 0 Å². The zero-order valence-corrected chi connectivity index (χ0v) is 13.8. The predicted molar refractivity (Wildman–Crippen MR) is 88.9 cm³/mol. The van der Waals surface area contributed by atoms with Gasteiger partial charge in [0.2, 0.25) is 0 Å². The van der Waals surface area contributed by atoms with Gasteiger partial charge in [0.15, 0.2) is 0 Å². The SMILES string of the molecule is CCCNc1ncnc(NCCCC(C)CO)c1C(C)C. The number of aliphatic hydroxyl groups is 1. The number of anilines is 2. The third-order valence-corrected chi connectivity index (χ3v) is 3.48. The van der Waals surface area contributed by atoms with Crippen LogP contribution in [0.25, 0.3) is 0 Å². The maximum absolute atomic E-state index is 9.04. The monoisotopic (exact) mass is 294 g/mol. The molecule has 0 aliphatic heterocycles. The van der Waals surface area contributed by atoms with E-state index < -0.39 is 0 Å². The van der Waals surface area contributed by atoms with Crippen LogP contribution >= 0.6 is 0 Å². The van der Waals surface area contributed by atoms with Gasteiger partial charge in [-0.15, -0.1) is 0 Å². The zero-order chi connectivity index (χ0) is 15.7. The summed E-state index contributed by atoms with van der Waals surface area (Å²) in [4.78, 5) is 8.77. The molecule has 1 aromatic rings. The molecule has 1 unspecified atom stereocenters. The van der Waals surface area contributed by atoms with Gasteiger partial charge in [-0.05, 0) is 31.1 Å². The molecule has 0 aliphatic rings. The van der Waals surface area contributed by atoms with Gasteiger partial charge in [-0.25, -0.2) is 9.97 Å². The summed E-state index contributed by atoms with van der Waals surface area (Å²) < 4.78 is 0. The van der Waals surface area contributed by atoms with Gasteiger partial charge in [0, 0.05) is 25.3 Å². The van der Waals surface area contributed by atoms with Crippen LogP contribution < -0.4 is 10.6 Å². The summed E-state index contributed by atoms with van der Waals surface area (Å²) >= 11 is 0. The summed E-state index contributed by atoms with van der Waals surface area (Å²) in [6, 6.07) is 0. The molecule has 1 aromatic heterocycles. The van der Waals surface area contributed by atoms with Gasteiger partial charge < -0.3 is 15.7 Å². The number of nitrogens with zero attached hydrogens (tertiary/aromatic N) is 2. The Morgan fingerprint density at radius 3 is 2.24 bits per heavy atom. The Kier molecular flexibility index (Phi) is 8.05. The van der Waals surface area contributed by atoms with Crippen LogP contribution in [-0.4, -0.2) is 34.8 Å². The van der Waals surface area contributed by atoms with E-state index >= 15 is 0 Å². The van der Waals surface area contributed by atoms with Crippen molar-refractivity contribution in [1.82, 2.24) is 9.97 Å². The van der Waals surface area contributed by atoms with E-state index in [4.69, 9.17) is 5.11 Å². The molecule has 0 fully saturated rings. The fraction of sp³-hybridized carbons (Fsp3) is 0.750. The second kappa shape index (κ2) is 9.55. The average molecular weight is 294 g/mol. The van der Waals surface area contributed by atoms with E-state index in [0.29, 0.717) is 11.8 Å². The van der Waals surface area contributed by atoms with Crippen LogP contribution in [0.3, 0.4) is 0 Å². The highest BCUT2D eigenvalue weighted by atomic mass is 16.3. The van der Waals surface area contributed by atoms with E-state index in [1.165, 1.54) is 0 Å². The van der Waals surface area contributed by atoms with Crippen molar-refractivity contribution in [3.05, 3.63) is 11.9 Å². The highest BCUT2D eigenvalue weighted by Gasteiger charge is 2.14. The molecular weight excluding hydrogens is 264 g/mol. The first-order valence-corrected chi connectivity index (χ1v) is 8.03. The van der Waals surface area contributed by atoms with Crippen molar-refractivity contribution in [3.8, 4) is 0 Å². The normalized spacial score (nSPS) is 12.5. The summed E-state index contributed by atoms with van der Waals surface area (Å²) in [5.74, 6) is 2.59. The molecule has 0 bridgehead atoms. The minimum atomic E-state index is 0.260. The van der Waals surface area contributed by atoms with E-state index in [2.05, 4.69) is 48.3 Å². The Bertz CT molecular complexity index is 409. The lowest BCUT2D eigenvalue weighted by molar-refractivity contribution is 0.229. The van der Waals surface area contributed by atoms with Crippen molar-refractivity contribution in [3.63, 3.8) is 0 Å². The van der Waals surface area contributed by atoms with Gasteiger partial charge in [0.25, 0.3) is 0 Å². The Morgan fingerprint density at radius 2 is 1.71 bits per heavy atom. The molecule has 120 valence electrons. The molecule has 0 saturated heterocycles. The fourth-order valence-corrected chi connectivity index (χ4v) is 2.22. The van der Waals surface area contributed by atoms with E-state index in [9.17, 15) is 0 Å². The van der Waals surface area contributed by atoms with Crippen LogP contribution in [0, 0.1) is 5.92 Å². The molecule has 5 nitrogen and oxygen atoms in total. The summed E-state index contributed by atoms with van der Waals surface area (Å²) in [7, 11) is 0. The Morgan fingerprint density at radius 1 is 1.10 bits per heavy atom.